The van der Waals surface area contributed by atoms with Crippen LogP contribution in [0.2, 0.25) is 0 Å². The van der Waals surface area contributed by atoms with Gasteiger partial charge in [0.05, 0.1) is 11.1 Å². The molecule has 7 heteroatoms. The maximum absolute atomic E-state index is 12.7. The van der Waals surface area contributed by atoms with Crippen LogP contribution in [-0.2, 0) is 12.7 Å². The molecule has 0 saturated carbocycles. The SMILES string of the molecule is O=C(O)c1cn(CCN2CCCCC2)cc1C(F)(F)F. The third kappa shape index (κ3) is 3.53. The maximum atomic E-state index is 12.7. The first-order chi connectivity index (χ1) is 9.38. The summed E-state index contributed by atoms with van der Waals surface area (Å²) in [6, 6.07) is 0. The van der Waals surface area contributed by atoms with Crippen LogP contribution in [0.5, 0.6) is 0 Å². The lowest BCUT2D eigenvalue weighted by Crippen LogP contribution is -2.32. The average Bonchev–Trinajstić information content (AvgIpc) is 2.82. The Balaban J connectivity index is 2.06. The van der Waals surface area contributed by atoms with Crippen molar-refractivity contribution in [3.8, 4) is 0 Å². The van der Waals surface area contributed by atoms with Crippen LogP contribution in [-0.4, -0.2) is 40.2 Å². The third-order valence-electron chi connectivity index (χ3n) is 3.54. The Labute approximate surface area is 114 Å². The molecule has 0 bridgehead atoms. The van der Waals surface area contributed by atoms with Gasteiger partial charge in [-0.15, -0.1) is 0 Å². The van der Waals surface area contributed by atoms with Crippen molar-refractivity contribution in [2.24, 2.45) is 0 Å². The first kappa shape index (κ1) is 14.9. The van der Waals surface area contributed by atoms with E-state index < -0.39 is 23.3 Å². The summed E-state index contributed by atoms with van der Waals surface area (Å²) in [5.74, 6) is -1.55. The summed E-state index contributed by atoms with van der Waals surface area (Å²) < 4.78 is 39.5. The molecule has 20 heavy (non-hydrogen) atoms. The quantitative estimate of drug-likeness (QED) is 0.927. The first-order valence-corrected chi connectivity index (χ1v) is 6.60. The molecule has 0 radical (unpaired) electrons. The first-order valence-electron chi connectivity index (χ1n) is 6.60. The maximum Gasteiger partial charge on any atom is 0.418 e. The molecular formula is C13H17F3N2O2. The van der Waals surface area contributed by atoms with E-state index in [4.69, 9.17) is 5.11 Å². The fourth-order valence-corrected chi connectivity index (χ4v) is 2.47. The van der Waals surface area contributed by atoms with Gasteiger partial charge in [0.1, 0.15) is 0 Å². The number of nitrogens with zero attached hydrogens (tertiary/aromatic N) is 2. The van der Waals surface area contributed by atoms with E-state index in [1.165, 1.54) is 11.0 Å². The summed E-state index contributed by atoms with van der Waals surface area (Å²) in [5.41, 5.74) is -1.76. The van der Waals surface area contributed by atoms with E-state index in [0.29, 0.717) is 13.1 Å². The van der Waals surface area contributed by atoms with Gasteiger partial charge < -0.3 is 14.6 Å². The molecule has 1 saturated heterocycles. The van der Waals surface area contributed by atoms with E-state index >= 15 is 0 Å². The summed E-state index contributed by atoms with van der Waals surface area (Å²) in [6.07, 6.45) is 0.730. The highest BCUT2D eigenvalue weighted by Gasteiger charge is 2.36. The zero-order valence-electron chi connectivity index (χ0n) is 11.0. The van der Waals surface area contributed by atoms with E-state index in [0.717, 1.165) is 38.3 Å². The van der Waals surface area contributed by atoms with E-state index in [-0.39, 0.29) is 0 Å². The Morgan fingerprint density at radius 3 is 2.30 bits per heavy atom. The van der Waals surface area contributed by atoms with Gasteiger partial charge in [-0.1, -0.05) is 6.42 Å². The molecule has 2 rings (SSSR count). The van der Waals surface area contributed by atoms with Gasteiger partial charge in [-0.25, -0.2) is 4.79 Å². The van der Waals surface area contributed by atoms with E-state index in [2.05, 4.69) is 4.90 Å². The number of aromatic nitrogens is 1. The van der Waals surface area contributed by atoms with Crippen LogP contribution in [0.1, 0.15) is 35.2 Å². The molecule has 2 heterocycles. The monoisotopic (exact) mass is 290 g/mol. The molecule has 0 unspecified atom stereocenters. The van der Waals surface area contributed by atoms with Crippen LogP contribution >= 0.6 is 0 Å². The number of carbonyl (C=O) groups is 1. The lowest BCUT2D eigenvalue weighted by Gasteiger charge is -2.26. The molecule has 1 aromatic rings. The predicted molar refractivity (Wildman–Crippen MR) is 66.7 cm³/mol. The Morgan fingerprint density at radius 1 is 1.15 bits per heavy atom. The summed E-state index contributed by atoms with van der Waals surface area (Å²) in [7, 11) is 0. The fourth-order valence-electron chi connectivity index (χ4n) is 2.47. The number of carboxylic acid groups (broad SMARTS) is 1. The second kappa shape index (κ2) is 5.87. The van der Waals surface area contributed by atoms with Crippen LogP contribution in [0.3, 0.4) is 0 Å². The highest BCUT2D eigenvalue weighted by atomic mass is 19.4. The van der Waals surface area contributed by atoms with Gasteiger partial charge in [0.25, 0.3) is 0 Å². The van der Waals surface area contributed by atoms with Gasteiger partial charge in [-0.3, -0.25) is 0 Å². The topological polar surface area (TPSA) is 45.5 Å². The standard InChI is InChI=1S/C13H17F3N2O2/c14-13(15,16)11-9-18(8-10(11)12(19)20)7-6-17-4-2-1-3-5-17/h8-9H,1-7H2,(H,19,20). The summed E-state index contributed by atoms with van der Waals surface area (Å²) in [5, 5.41) is 8.84. The second-order valence-corrected chi connectivity index (χ2v) is 5.03. The van der Waals surface area contributed by atoms with Crippen molar-refractivity contribution < 1.29 is 23.1 Å². The summed E-state index contributed by atoms with van der Waals surface area (Å²) in [4.78, 5) is 13.1. The van der Waals surface area contributed by atoms with Crippen LogP contribution < -0.4 is 0 Å². The van der Waals surface area contributed by atoms with E-state index in [9.17, 15) is 18.0 Å². The van der Waals surface area contributed by atoms with Gasteiger partial charge in [0.15, 0.2) is 0 Å². The van der Waals surface area contributed by atoms with Gasteiger partial charge in [0, 0.05) is 25.5 Å². The number of hydrogen-bond acceptors (Lipinski definition) is 2. The van der Waals surface area contributed by atoms with Crippen LogP contribution in [0.15, 0.2) is 12.4 Å². The number of piperidine rings is 1. The molecule has 1 aliphatic heterocycles. The predicted octanol–water partition coefficient (Wildman–Crippen LogP) is 2.69. The largest absolute Gasteiger partial charge is 0.478 e. The number of hydrogen-bond donors (Lipinski definition) is 1. The lowest BCUT2D eigenvalue weighted by atomic mass is 10.1. The van der Waals surface area contributed by atoms with E-state index in [1.807, 2.05) is 0 Å². The summed E-state index contributed by atoms with van der Waals surface area (Å²) in [6.45, 7) is 2.93. The van der Waals surface area contributed by atoms with Crippen LogP contribution in [0.4, 0.5) is 13.2 Å². The third-order valence-corrected chi connectivity index (χ3v) is 3.54. The Hall–Kier alpha value is -1.50. The molecule has 4 nitrogen and oxygen atoms in total. The fraction of sp³-hybridized carbons (Fsp3) is 0.615. The Kier molecular flexibility index (Phi) is 4.37. The van der Waals surface area contributed by atoms with Crippen molar-refractivity contribution in [3.05, 3.63) is 23.5 Å². The number of rotatable bonds is 4. The second-order valence-electron chi connectivity index (χ2n) is 5.03. The van der Waals surface area contributed by atoms with Crippen molar-refractivity contribution in [2.45, 2.75) is 32.0 Å². The van der Waals surface area contributed by atoms with Crippen molar-refractivity contribution in [1.82, 2.24) is 9.47 Å². The molecule has 112 valence electrons. The molecule has 0 aliphatic carbocycles. The van der Waals surface area contributed by atoms with Crippen molar-refractivity contribution in [1.29, 1.82) is 0 Å². The number of alkyl halides is 3. The minimum Gasteiger partial charge on any atom is -0.478 e. The zero-order chi connectivity index (χ0) is 14.8. The zero-order valence-corrected chi connectivity index (χ0v) is 11.0. The number of halogens is 3. The molecule has 1 aromatic heterocycles. The van der Waals surface area contributed by atoms with Crippen molar-refractivity contribution in [2.75, 3.05) is 19.6 Å². The molecule has 0 atom stereocenters. The highest BCUT2D eigenvalue weighted by molar-refractivity contribution is 5.89. The van der Waals surface area contributed by atoms with Crippen molar-refractivity contribution >= 4 is 5.97 Å². The number of likely N-dealkylation sites (tertiary alicyclic amines) is 1. The van der Waals surface area contributed by atoms with Crippen LogP contribution in [0.25, 0.3) is 0 Å². The Morgan fingerprint density at radius 2 is 1.80 bits per heavy atom. The highest BCUT2D eigenvalue weighted by Crippen LogP contribution is 2.32. The minimum atomic E-state index is -4.63. The molecule has 0 spiro atoms. The van der Waals surface area contributed by atoms with Gasteiger partial charge in [0.2, 0.25) is 0 Å². The Bertz CT molecular complexity index is 476. The van der Waals surface area contributed by atoms with Gasteiger partial charge in [-0.05, 0) is 25.9 Å². The number of carboxylic acids is 1. The van der Waals surface area contributed by atoms with Crippen molar-refractivity contribution in [3.63, 3.8) is 0 Å². The molecule has 1 aliphatic rings. The molecular weight excluding hydrogens is 273 g/mol. The molecule has 0 aromatic carbocycles. The molecule has 0 amide bonds. The molecule has 1 fully saturated rings. The average molecular weight is 290 g/mol. The van der Waals surface area contributed by atoms with Gasteiger partial charge in [-0.2, -0.15) is 13.2 Å². The van der Waals surface area contributed by atoms with Crippen LogP contribution in [0, 0.1) is 0 Å². The lowest BCUT2D eigenvalue weighted by molar-refractivity contribution is -0.138. The van der Waals surface area contributed by atoms with Gasteiger partial charge >= 0.3 is 12.1 Å². The normalized spacial score (nSPS) is 17.4. The minimum absolute atomic E-state index is 0.371. The molecule has 1 N–H and O–H groups in total. The summed E-state index contributed by atoms with van der Waals surface area (Å²) >= 11 is 0. The smallest absolute Gasteiger partial charge is 0.418 e. The number of aromatic carboxylic acids is 1. The van der Waals surface area contributed by atoms with E-state index in [1.54, 1.807) is 0 Å².